The average Bonchev–Trinajstić information content (AvgIpc) is 3.17. The van der Waals surface area contributed by atoms with Crippen LogP contribution in [0, 0.1) is 17.3 Å². The predicted molar refractivity (Wildman–Crippen MR) is 89.3 cm³/mol. The topological polar surface area (TPSA) is 44.8 Å². The molecule has 1 heterocycles. The Morgan fingerprint density at radius 2 is 2.00 bits per heavy atom. The lowest BCUT2D eigenvalue weighted by Gasteiger charge is -2.41. The van der Waals surface area contributed by atoms with Crippen molar-refractivity contribution in [2.45, 2.75) is 26.1 Å². The monoisotopic (exact) mass is 326 g/mol. The van der Waals surface area contributed by atoms with Gasteiger partial charge in [-0.15, -0.1) is 0 Å². The Morgan fingerprint density at radius 3 is 2.62 bits per heavy atom. The molecule has 3 aliphatic rings. The lowest BCUT2D eigenvalue weighted by atomic mass is 9.76. The molecule has 2 fully saturated rings. The molecule has 1 spiro atoms. The summed E-state index contributed by atoms with van der Waals surface area (Å²) in [5, 5.41) is 0. The fraction of sp³-hybridized carbons (Fsp3) is 0.450. The Labute approximate surface area is 142 Å². The van der Waals surface area contributed by atoms with Crippen LogP contribution in [-0.2, 0) is 14.3 Å². The first-order valence-electron chi connectivity index (χ1n) is 8.45. The summed E-state index contributed by atoms with van der Waals surface area (Å²) in [7, 11) is 0. The minimum absolute atomic E-state index is 0.124. The number of para-hydroxylation sites is 1. The molecule has 126 valence electrons. The van der Waals surface area contributed by atoms with E-state index in [-0.39, 0.29) is 5.41 Å². The van der Waals surface area contributed by atoms with Gasteiger partial charge in [-0.2, -0.15) is 0 Å². The van der Waals surface area contributed by atoms with E-state index in [0.717, 1.165) is 12.0 Å². The van der Waals surface area contributed by atoms with Crippen LogP contribution in [0.5, 0.6) is 5.75 Å². The van der Waals surface area contributed by atoms with Gasteiger partial charge in [-0.05, 0) is 37.7 Å². The molecule has 0 amide bonds. The molecular formula is C20H22O4. The van der Waals surface area contributed by atoms with Crippen LogP contribution in [0.25, 0.3) is 0 Å². The third-order valence-electron chi connectivity index (χ3n) is 5.40. The highest BCUT2D eigenvalue weighted by Crippen LogP contribution is 2.54. The Hall–Kier alpha value is -1.91. The van der Waals surface area contributed by atoms with E-state index in [1.54, 1.807) is 13.0 Å². The van der Waals surface area contributed by atoms with Gasteiger partial charge in [-0.3, -0.25) is 0 Å². The van der Waals surface area contributed by atoms with Gasteiger partial charge < -0.3 is 14.2 Å². The summed E-state index contributed by atoms with van der Waals surface area (Å²) < 4.78 is 17.6. The van der Waals surface area contributed by atoms with Crippen molar-refractivity contribution in [1.82, 2.24) is 0 Å². The third kappa shape index (κ3) is 2.60. The molecule has 24 heavy (non-hydrogen) atoms. The standard InChI is InChI=1S/C20H22O4/c1-13(2)18(21)24-17-6-4-3-5-16(17)19-22-11-20(12-23-19)10-14-7-8-15(20)9-14/h3-8,14-15,19H,1,9-12H2,2H3. The molecular weight excluding hydrogens is 304 g/mol. The third-order valence-corrected chi connectivity index (χ3v) is 5.40. The molecule has 0 aromatic heterocycles. The Kier molecular flexibility index (Phi) is 3.82. The summed E-state index contributed by atoms with van der Waals surface area (Å²) in [4.78, 5) is 11.8. The number of esters is 1. The second-order valence-corrected chi connectivity index (χ2v) is 7.22. The highest BCUT2D eigenvalue weighted by atomic mass is 16.7. The number of rotatable bonds is 3. The molecule has 2 aliphatic carbocycles. The van der Waals surface area contributed by atoms with Gasteiger partial charge in [0.15, 0.2) is 6.29 Å². The summed E-state index contributed by atoms with van der Waals surface area (Å²) >= 11 is 0. The number of benzene rings is 1. The van der Waals surface area contributed by atoms with E-state index in [9.17, 15) is 4.79 Å². The molecule has 1 aromatic rings. The van der Waals surface area contributed by atoms with Gasteiger partial charge in [0.2, 0.25) is 0 Å². The van der Waals surface area contributed by atoms with Gasteiger partial charge in [0.25, 0.3) is 0 Å². The highest BCUT2D eigenvalue weighted by molar-refractivity contribution is 5.88. The summed E-state index contributed by atoms with van der Waals surface area (Å²) in [5.41, 5.74) is 1.24. The summed E-state index contributed by atoms with van der Waals surface area (Å²) in [6.07, 6.45) is 6.53. The first kappa shape index (κ1) is 15.6. The van der Waals surface area contributed by atoms with Crippen molar-refractivity contribution in [2.75, 3.05) is 13.2 Å². The SMILES string of the molecule is C=C(C)C(=O)Oc1ccccc1C1OCC2(CO1)CC1C=CC2C1. The van der Waals surface area contributed by atoms with Gasteiger partial charge in [-0.1, -0.05) is 36.9 Å². The molecule has 2 unspecified atom stereocenters. The smallest absolute Gasteiger partial charge is 0.338 e. The maximum absolute atomic E-state index is 11.8. The molecule has 0 N–H and O–H groups in total. The zero-order chi connectivity index (χ0) is 16.7. The van der Waals surface area contributed by atoms with Crippen molar-refractivity contribution in [3.63, 3.8) is 0 Å². The second-order valence-electron chi connectivity index (χ2n) is 7.22. The van der Waals surface area contributed by atoms with Crippen LogP contribution >= 0.6 is 0 Å². The van der Waals surface area contributed by atoms with Gasteiger partial charge in [0, 0.05) is 11.0 Å². The summed E-state index contributed by atoms with van der Waals surface area (Å²) in [6.45, 7) is 6.62. The van der Waals surface area contributed by atoms with Crippen molar-refractivity contribution in [1.29, 1.82) is 0 Å². The average molecular weight is 326 g/mol. The number of ether oxygens (including phenoxy) is 3. The Bertz CT molecular complexity index is 697. The van der Waals surface area contributed by atoms with E-state index in [0.29, 0.717) is 36.4 Å². The predicted octanol–water partition coefficient (Wildman–Crippen LogP) is 3.80. The van der Waals surface area contributed by atoms with Crippen molar-refractivity contribution < 1.29 is 19.0 Å². The van der Waals surface area contributed by atoms with Crippen LogP contribution in [0.4, 0.5) is 0 Å². The maximum atomic E-state index is 11.8. The Morgan fingerprint density at radius 1 is 1.25 bits per heavy atom. The van der Waals surface area contributed by atoms with Crippen molar-refractivity contribution >= 4 is 5.97 Å². The van der Waals surface area contributed by atoms with Gasteiger partial charge in [-0.25, -0.2) is 4.79 Å². The fourth-order valence-corrected chi connectivity index (χ4v) is 4.09. The highest BCUT2D eigenvalue weighted by Gasteiger charge is 2.51. The number of carbonyl (C=O) groups excluding carboxylic acids is 1. The first-order chi connectivity index (χ1) is 11.6. The van der Waals surface area contributed by atoms with Crippen LogP contribution in [-0.4, -0.2) is 19.2 Å². The van der Waals surface area contributed by atoms with Crippen molar-refractivity contribution in [3.05, 3.63) is 54.1 Å². The number of allylic oxidation sites excluding steroid dienone is 2. The number of carbonyl (C=O) groups is 1. The fourth-order valence-electron chi connectivity index (χ4n) is 4.09. The van der Waals surface area contributed by atoms with Crippen molar-refractivity contribution in [3.8, 4) is 5.75 Å². The Balaban J connectivity index is 1.49. The molecule has 1 aliphatic heterocycles. The quantitative estimate of drug-likeness (QED) is 0.367. The maximum Gasteiger partial charge on any atom is 0.338 e. The molecule has 0 radical (unpaired) electrons. The van der Waals surface area contributed by atoms with E-state index in [1.165, 1.54) is 6.42 Å². The van der Waals surface area contributed by atoms with Crippen LogP contribution in [0.3, 0.4) is 0 Å². The van der Waals surface area contributed by atoms with Gasteiger partial charge in [0.05, 0.1) is 18.8 Å². The second kappa shape index (κ2) is 5.87. The summed E-state index contributed by atoms with van der Waals surface area (Å²) in [6, 6.07) is 7.36. The lowest BCUT2D eigenvalue weighted by Crippen LogP contribution is -2.41. The van der Waals surface area contributed by atoms with E-state index in [2.05, 4.69) is 18.7 Å². The van der Waals surface area contributed by atoms with E-state index < -0.39 is 12.3 Å². The molecule has 4 nitrogen and oxygen atoms in total. The van der Waals surface area contributed by atoms with Gasteiger partial charge in [0.1, 0.15) is 5.75 Å². The number of fused-ring (bicyclic) bond motifs is 3. The van der Waals surface area contributed by atoms with E-state index in [1.807, 2.05) is 18.2 Å². The summed E-state index contributed by atoms with van der Waals surface area (Å²) in [5.74, 6) is 1.29. The molecule has 2 bridgehead atoms. The zero-order valence-corrected chi connectivity index (χ0v) is 13.9. The normalized spacial score (nSPS) is 33.8. The minimum Gasteiger partial charge on any atom is -0.423 e. The van der Waals surface area contributed by atoms with Crippen LogP contribution < -0.4 is 4.74 Å². The first-order valence-corrected chi connectivity index (χ1v) is 8.45. The number of hydrogen-bond donors (Lipinski definition) is 0. The van der Waals surface area contributed by atoms with Crippen LogP contribution in [0.1, 0.15) is 31.6 Å². The van der Waals surface area contributed by atoms with Crippen LogP contribution in [0.2, 0.25) is 0 Å². The zero-order valence-electron chi connectivity index (χ0n) is 13.9. The van der Waals surface area contributed by atoms with Crippen molar-refractivity contribution in [2.24, 2.45) is 17.3 Å². The largest absolute Gasteiger partial charge is 0.423 e. The molecule has 1 saturated carbocycles. The van der Waals surface area contributed by atoms with Gasteiger partial charge >= 0.3 is 5.97 Å². The molecule has 2 atom stereocenters. The minimum atomic E-state index is -0.493. The van der Waals surface area contributed by atoms with Crippen LogP contribution in [0.15, 0.2) is 48.6 Å². The van der Waals surface area contributed by atoms with E-state index in [4.69, 9.17) is 14.2 Å². The lowest BCUT2D eigenvalue weighted by molar-refractivity contribution is -0.240. The number of hydrogen-bond acceptors (Lipinski definition) is 4. The molecule has 1 aromatic carbocycles. The molecule has 4 rings (SSSR count). The van der Waals surface area contributed by atoms with E-state index >= 15 is 0 Å². The molecule has 4 heteroatoms. The molecule has 1 saturated heterocycles.